The van der Waals surface area contributed by atoms with Gasteiger partial charge in [0.05, 0.1) is 12.8 Å². The molecule has 10 heteroatoms. The molecule has 1 unspecified atom stereocenters. The summed E-state index contributed by atoms with van der Waals surface area (Å²) in [5.41, 5.74) is 3.63. The fourth-order valence-corrected chi connectivity index (χ4v) is 3.39. The van der Waals surface area contributed by atoms with Crippen LogP contribution in [0.3, 0.4) is 0 Å². The third-order valence-corrected chi connectivity index (χ3v) is 5.18. The van der Waals surface area contributed by atoms with Gasteiger partial charge >= 0.3 is 6.09 Å². The van der Waals surface area contributed by atoms with Gasteiger partial charge in [0.25, 0.3) is 11.8 Å². The zero-order valence-electron chi connectivity index (χ0n) is 21.0. The summed E-state index contributed by atoms with van der Waals surface area (Å²) in [5, 5.41) is 5.45. The van der Waals surface area contributed by atoms with E-state index in [0.717, 1.165) is 18.4 Å². The zero-order chi connectivity index (χ0) is 26.1. The zero-order valence-corrected chi connectivity index (χ0v) is 21.0. The standard InChI is InChI=1S/C26H33N3O7/c1-26(2,3)35-25(32)27-16-17-8-10-18(11-9-17)23(30)28-20-15-19(12-13-21(20)33-4)24(31)29-36-22-7-5-6-14-34-22/h8-13,15,22H,5-7,14,16H2,1-4H3,(H,27,32)(H,28,30)(H,29,31). The van der Waals surface area contributed by atoms with Crippen LogP contribution in [0.25, 0.3) is 0 Å². The van der Waals surface area contributed by atoms with E-state index in [1.165, 1.54) is 13.2 Å². The van der Waals surface area contributed by atoms with Crippen molar-refractivity contribution in [3.63, 3.8) is 0 Å². The van der Waals surface area contributed by atoms with E-state index in [1.807, 2.05) is 0 Å². The van der Waals surface area contributed by atoms with Crippen LogP contribution >= 0.6 is 0 Å². The molecule has 194 valence electrons. The van der Waals surface area contributed by atoms with Crippen LogP contribution in [0.1, 0.15) is 66.3 Å². The third-order valence-electron chi connectivity index (χ3n) is 5.18. The Hall–Kier alpha value is -3.63. The summed E-state index contributed by atoms with van der Waals surface area (Å²) in [7, 11) is 1.47. The third kappa shape index (κ3) is 8.24. The van der Waals surface area contributed by atoms with E-state index in [1.54, 1.807) is 57.2 Å². The van der Waals surface area contributed by atoms with Gasteiger partial charge < -0.3 is 24.8 Å². The number of rotatable bonds is 8. The minimum absolute atomic E-state index is 0.260. The van der Waals surface area contributed by atoms with Crippen LogP contribution in [0.15, 0.2) is 42.5 Å². The Kier molecular flexibility index (Phi) is 9.26. The van der Waals surface area contributed by atoms with Crippen molar-refractivity contribution in [2.24, 2.45) is 0 Å². The van der Waals surface area contributed by atoms with Crippen LogP contribution in [0.5, 0.6) is 5.75 Å². The highest BCUT2D eigenvalue weighted by Gasteiger charge is 2.18. The lowest BCUT2D eigenvalue weighted by Gasteiger charge is -2.22. The van der Waals surface area contributed by atoms with Crippen LogP contribution in [0, 0.1) is 0 Å². The van der Waals surface area contributed by atoms with Crippen molar-refractivity contribution in [2.45, 2.75) is 58.5 Å². The first-order valence-electron chi connectivity index (χ1n) is 11.8. The summed E-state index contributed by atoms with van der Waals surface area (Å²) in [4.78, 5) is 42.5. The number of amides is 3. The van der Waals surface area contributed by atoms with Gasteiger partial charge in [0.1, 0.15) is 11.4 Å². The molecular formula is C26H33N3O7. The molecule has 0 aliphatic carbocycles. The first-order valence-corrected chi connectivity index (χ1v) is 11.8. The number of hydrogen-bond donors (Lipinski definition) is 3. The van der Waals surface area contributed by atoms with Gasteiger partial charge in [-0.05, 0) is 69.5 Å². The lowest BCUT2D eigenvalue weighted by Crippen LogP contribution is -2.33. The van der Waals surface area contributed by atoms with E-state index in [0.29, 0.717) is 30.0 Å². The quantitative estimate of drug-likeness (QED) is 0.466. The topological polar surface area (TPSA) is 124 Å². The number of methoxy groups -OCH3 is 1. The molecule has 0 radical (unpaired) electrons. The number of carbonyl (C=O) groups is 3. The molecule has 1 heterocycles. The Bertz CT molecular complexity index is 1060. The monoisotopic (exact) mass is 499 g/mol. The maximum Gasteiger partial charge on any atom is 0.407 e. The van der Waals surface area contributed by atoms with Gasteiger partial charge in [0.15, 0.2) is 6.29 Å². The molecule has 0 aromatic heterocycles. The van der Waals surface area contributed by atoms with Gasteiger partial charge in [-0.1, -0.05) is 12.1 Å². The maximum atomic E-state index is 12.8. The van der Waals surface area contributed by atoms with Crippen LogP contribution in [-0.4, -0.2) is 43.5 Å². The molecule has 2 aromatic carbocycles. The van der Waals surface area contributed by atoms with E-state index in [2.05, 4.69) is 16.1 Å². The Morgan fingerprint density at radius 3 is 2.36 bits per heavy atom. The second kappa shape index (κ2) is 12.4. The Morgan fingerprint density at radius 1 is 1.00 bits per heavy atom. The number of anilines is 1. The summed E-state index contributed by atoms with van der Waals surface area (Å²) in [5.74, 6) is -0.455. The normalized spacial score (nSPS) is 15.5. The number of hydroxylamine groups is 1. The first kappa shape index (κ1) is 27.0. The Morgan fingerprint density at radius 2 is 1.72 bits per heavy atom. The van der Waals surface area contributed by atoms with E-state index in [4.69, 9.17) is 19.0 Å². The van der Waals surface area contributed by atoms with E-state index in [-0.39, 0.29) is 18.0 Å². The van der Waals surface area contributed by atoms with Crippen molar-refractivity contribution in [3.05, 3.63) is 59.2 Å². The smallest absolute Gasteiger partial charge is 0.407 e. The van der Waals surface area contributed by atoms with Gasteiger partial charge in [0, 0.05) is 30.7 Å². The molecule has 1 fully saturated rings. The van der Waals surface area contributed by atoms with Crippen LogP contribution in [0.4, 0.5) is 10.5 Å². The molecule has 3 amide bonds. The predicted molar refractivity (Wildman–Crippen MR) is 133 cm³/mol. The van der Waals surface area contributed by atoms with Crippen molar-refractivity contribution in [3.8, 4) is 5.75 Å². The molecule has 1 saturated heterocycles. The van der Waals surface area contributed by atoms with Crippen molar-refractivity contribution in [1.29, 1.82) is 0 Å². The minimum Gasteiger partial charge on any atom is -0.495 e. The number of hydrogen-bond acceptors (Lipinski definition) is 7. The molecule has 1 atom stereocenters. The lowest BCUT2D eigenvalue weighted by molar-refractivity contribution is -0.186. The van der Waals surface area contributed by atoms with Crippen LogP contribution in [0.2, 0.25) is 0 Å². The SMILES string of the molecule is COc1ccc(C(=O)NOC2CCCCO2)cc1NC(=O)c1ccc(CNC(=O)OC(C)(C)C)cc1. The highest BCUT2D eigenvalue weighted by molar-refractivity contribution is 6.06. The number of nitrogens with one attached hydrogen (secondary N) is 3. The molecular weight excluding hydrogens is 466 g/mol. The van der Waals surface area contributed by atoms with E-state index < -0.39 is 23.9 Å². The van der Waals surface area contributed by atoms with Crippen molar-refractivity contribution < 1.29 is 33.4 Å². The number of carbonyl (C=O) groups excluding carboxylic acids is 3. The predicted octanol–water partition coefficient (Wildman–Crippen LogP) is 4.16. The Labute approximate surface area is 210 Å². The second-order valence-electron chi connectivity index (χ2n) is 9.27. The molecule has 0 spiro atoms. The Balaban J connectivity index is 1.59. The summed E-state index contributed by atoms with van der Waals surface area (Å²) >= 11 is 0. The number of benzene rings is 2. The number of ether oxygens (including phenoxy) is 3. The maximum absolute atomic E-state index is 12.8. The summed E-state index contributed by atoms with van der Waals surface area (Å²) in [6.07, 6.45) is 1.67. The van der Waals surface area contributed by atoms with Gasteiger partial charge in [-0.15, -0.1) is 0 Å². The van der Waals surface area contributed by atoms with E-state index >= 15 is 0 Å². The molecule has 10 nitrogen and oxygen atoms in total. The summed E-state index contributed by atoms with van der Waals surface area (Å²) < 4.78 is 16.0. The lowest BCUT2D eigenvalue weighted by atomic mass is 10.1. The van der Waals surface area contributed by atoms with Crippen LogP contribution in [-0.2, 0) is 20.9 Å². The average molecular weight is 500 g/mol. The van der Waals surface area contributed by atoms with Crippen molar-refractivity contribution >= 4 is 23.6 Å². The average Bonchev–Trinajstić information content (AvgIpc) is 2.86. The fourth-order valence-electron chi connectivity index (χ4n) is 3.39. The van der Waals surface area contributed by atoms with Gasteiger partial charge in [0.2, 0.25) is 0 Å². The molecule has 2 aromatic rings. The fraction of sp³-hybridized carbons (Fsp3) is 0.423. The molecule has 3 rings (SSSR count). The highest BCUT2D eigenvalue weighted by atomic mass is 16.8. The highest BCUT2D eigenvalue weighted by Crippen LogP contribution is 2.26. The second-order valence-corrected chi connectivity index (χ2v) is 9.27. The molecule has 36 heavy (non-hydrogen) atoms. The van der Waals surface area contributed by atoms with Crippen molar-refractivity contribution in [2.75, 3.05) is 19.0 Å². The van der Waals surface area contributed by atoms with Gasteiger partial charge in [-0.3, -0.25) is 9.59 Å². The van der Waals surface area contributed by atoms with E-state index in [9.17, 15) is 14.4 Å². The number of alkyl carbamates (subject to hydrolysis) is 1. The summed E-state index contributed by atoms with van der Waals surface area (Å²) in [6.45, 7) is 6.22. The van der Waals surface area contributed by atoms with Crippen molar-refractivity contribution in [1.82, 2.24) is 10.8 Å². The molecule has 1 aliphatic rings. The first-order chi connectivity index (χ1) is 17.1. The van der Waals surface area contributed by atoms with Gasteiger partial charge in [-0.2, -0.15) is 0 Å². The largest absolute Gasteiger partial charge is 0.495 e. The summed E-state index contributed by atoms with van der Waals surface area (Å²) in [6, 6.07) is 11.4. The van der Waals surface area contributed by atoms with Gasteiger partial charge in [-0.25, -0.2) is 15.1 Å². The molecule has 1 aliphatic heterocycles. The van der Waals surface area contributed by atoms with Crippen LogP contribution < -0.4 is 20.9 Å². The molecule has 0 saturated carbocycles. The molecule has 3 N–H and O–H groups in total. The molecule has 0 bridgehead atoms. The minimum atomic E-state index is -0.581.